The number of carbonyl (C=O) groups is 2. The molecule has 4 aromatic rings. The van der Waals surface area contributed by atoms with Crippen LogP contribution < -0.4 is 10.6 Å². The lowest BCUT2D eigenvalue weighted by Gasteiger charge is -2.11. The minimum absolute atomic E-state index is 0.165. The van der Waals surface area contributed by atoms with E-state index >= 15 is 0 Å². The van der Waals surface area contributed by atoms with Crippen molar-refractivity contribution < 1.29 is 14.0 Å². The zero-order chi connectivity index (χ0) is 20.4. The highest BCUT2D eigenvalue weighted by Gasteiger charge is 2.14. The van der Waals surface area contributed by atoms with Crippen LogP contribution in [0.25, 0.3) is 11.0 Å². The third kappa shape index (κ3) is 3.89. The lowest BCUT2D eigenvalue weighted by Crippen LogP contribution is -2.14. The van der Waals surface area contributed by atoms with Gasteiger partial charge in [-0.15, -0.1) is 0 Å². The number of furan rings is 1. The average molecular weight is 384 g/mol. The molecule has 2 amide bonds. The van der Waals surface area contributed by atoms with Crippen LogP contribution in [-0.4, -0.2) is 11.8 Å². The number of carbonyl (C=O) groups excluding carboxylic acids is 2. The Labute approximate surface area is 168 Å². The monoisotopic (exact) mass is 384 g/mol. The number of nitrogens with one attached hydrogen (secondary N) is 2. The first kappa shape index (κ1) is 18.5. The number of anilines is 2. The number of amides is 2. The lowest BCUT2D eigenvalue weighted by molar-refractivity contribution is 0.0996. The molecule has 0 fully saturated rings. The molecule has 0 unspecified atom stereocenters. The summed E-state index contributed by atoms with van der Waals surface area (Å²) in [6, 6.07) is 22.0. The van der Waals surface area contributed by atoms with E-state index in [0.717, 1.165) is 16.5 Å². The topological polar surface area (TPSA) is 71.3 Å². The van der Waals surface area contributed by atoms with Gasteiger partial charge in [-0.1, -0.05) is 36.4 Å². The molecule has 0 spiro atoms. The van der Waals surface area contributed by atoms with Crippen molar-refractivity contribution in [1.29, 1.82) is 0 Å². The zero-order valence-electron chi connectivity index (χ0n) is 16.2. The maximum absolute atomic E-state index is 12.5. The number of para-hydroxylation sites is 1. The Kier molecular flexibility index (Phi) is 4.87. The number of aryl methyl sites for hydroxylation is 2. The number of fused-ring (bicyclic) bond motifs is 1. The summed E-state index contributed by atoms with van der Waals surface area (Å²) < 4.78 is 5.61. The van der Waals surface area contributed by atoms with Gasteiger partial charge in [-0.05, 0) is 61.4 Å². The third-order valence-electron chi connectivity index (χ3n) is 4.77. The second-order valence-electron chi connectivity index (χ2n) is 6.90. The Bertz CT molecular complexity index is 1190. The van der Waals surface area contributed by atoms with Crippen molar-refractivity contribution in [2.75, 3.05) is 10.6 Å². The Morgan fingerprint density at radius 3 is 2.28 bits per heavy atom. The summed E-state index contributed by atoms with van der Waals surface area (Å²) >= 11 is 0. The Morgan fingerprint density at radius 2 is 1.52 bits per heavy atom. The summed E-state index contributed by atoms with van der Waals surface area (Å²) in [6.45, 7) is 3.77. The first-order valence-corrected chi connectivity index (χ1v) is 9.29. The van der Waals surface area contributed by atoms with Gasteiger partial charge in [0.1, 0.15) is 5.58 Å². The van der Waals surface area contributed by atoms with E-state index in [1.165, 1.54) is 0 Å². The minimum Gasteiger partial charge on any atom is -0.451 e. The van der Waals surface area contributed by atoms with Crippen molar-refractivity contribution in [1.82, 2.24) is 0 Å². The fraction of sp³-hybridized carbons (Fsp3) is 0.0833. The van der Waals surface area contributed by atoms with E-state index in [-0.39, 0.29) is 17.6 Å². The molecule has 4 rings (SSSR count). The summed E-state index contributed by atoms with van der Waals surface area (Å²) in [6.07, 6.45) is 0. The van der Waals surface area contributed by atoms with E-state index in [1.54, 1.807) is 24.3 Å². The van der Waals surface area contributed by atoms with E-state index < -0.39 is 0 Å². The molecule has 0 saturated heterocycles. The highest BCUT2D eigenvalue weighted by Crippen LogP contribution is 2.23. The molecule has 0 bridgehead atoms. The highest BCUT2D eigenvalue weighted by molar-refractivity contribution is 6.06. The van der Waals surface area contributed by atoms with Crippen molar-refractivity contribution >= 4 is 34.2 Å². The van der Waals surface area contributed by atoms with E-state index in [4.69, 9.17) is 4.42 Å². The van der Waals surface area contributed by atoms with E-state index in [0.29, 0.717) is 22.5 Å². The SMILES string of the molecule is Cc1cc(NC(=O)c2ccccc2C)ccc1NC(=O)c1cc2ccccc2o1. The van der Waals surface area contributed by atoms with Crippen molar-refractivity contribution in [3.05, 3.63) is 95.2 Å². The summed E-state index contributed by atoms with van der Waals surface area (Å²) in [5, 5.41) is 6.64. The van der Waals surface area contributed by atoms with Gasteiger partial charge in [0.25, 0.3) is 11.8 Å². The summed E-state index contributed by atoms with van der Waals surface area (Å²) in [5.41, 5.74) is 4.37. The van der Waals surface area contributed by atoms with Crippen molar-refractivity contribution in [2.24, 2.45) is 0 Å². The average Bonchev–Trinajstić information content (AvgIpc) is 3.15. The lowest BCUT2D eigenvalue weighted by atomic mass is 10.1. The van der Waals surface area contributed by atoms with Crippen LogP contribution in [0, 0.1) is 13.8 Å². The van der Waals surface area contributed by atoms with Crippen LogP contribution in [0.1, 0.15) is 32.0 Å². The van der Waals surface area contributed by atoms with Gasteiger partial charge in [0.15, 0.2) is 5.76 Å². The van der Waals surface area contributed by atoms with Gasteiger partial charge in [0.05, 0.1) is 0 Å². The Hall–Kier alpha value is -3.86. The predicted molar refractivity (Wildman–Crippen MR) is 114 cm³/mol. The fourth-order valence-corrected chi connectivity index (χ4v) is 3.19. The molecule has 144 valence electrons. The fourth-order valence-electron chi connectivity index (χ4n) is 3.19. The van der Waals surface area contributed by atoms with E-state index in [1.807, 2.05) is 62.4 Å². The molecule has 0 radical (unpaired) electrons. The normalized spacial score (nSPS) is 10.7. The number of hydrogen-bond acceptors (Lipinski definition) is 3. The summed E-state index contributed by atoms with van der Waals surface area (Å²) in [4.78, 5) is 25.0. The Balaban J connectivity index is 1.49. The molecule has 5 heteroatoms. The van der Waals surface area contributed by atoms with Crippen molar-refractivity contribution in [2.45, 2.75) is 13.8 Å². The first-order chi connectivity index (χ1) is 14.0. The van der Waals surface area contributed by atoms with Crippen molar-refractivity contribution in [3.63, 3.8) is 0 Å². The quantitative estimate of drug-likeness (QED) is 0.484. The molecule has 0 aliphatic heterocycles. The standard InChI is InChI=1S/C24H20N2O3/c1-15-7-3-5-9-19(15)23(27)25-18-11-12-20(16(2)13-18)26-24(28)22-14-17-8-4-6-10-21(17)29-22/h3-14H,1-2H3,(H,25,27)(H,26,28). The van der Waals surface area contributed by atoms with Crippen LogP contribution in [0.15, 0.2) is 77.2 Å². The maximum Gasteiger partial charge on any atom is 0.291 e. The number of rotatable bonds is 4. The van der Waals surface area contributed by atoms with Gasteiger partial charge in [0.2, 0.25) is 0 Å². The molecule has 0 aliphatic carbocycles. The van der Waals surface area contributed by atoms with Crippen molar-refractivity contribution in [3.8, 4) is 0 Å². The van der Waals surface area contributed by atoms with Crippen LogP contribution in [0.3, 0.4) is 0 Å². The van der Waals surface area contributed by atoms with Gasteiger partial charge in [-0.2, -0.15) is 0 Å². The van der Waals surface area contributed by atoms with Gasteiger partial charge in [-0.25, -0.2) is 0 Å². The zero-order valence-corrected chi connectivity index (χ0v) is 16.2. The van der Waals surface area contributed by atoms with Gasteiger partial charge < -0.3 is 15.1 Å². The molecule has 29 heavy (non-hydrogen) atoms. The van der Waals surface area contributed by atoms with Crippen LogP contribution in [0.2, 0.25) is 0 Å². The van der Waals surface area contributed by atoms with E-state index in [9.17, 15) is 9.59 Å². The number of hydrogen-bond donors (Lipinski definition) is 2. The number of benzene rings is 3. The molecule has 1 heterocycles. The largest absolute Gasteiger partial charge is 0.451 e. The minimum atomic E-state index is -0.319. The molecule has 0 saturated carbocycles. The molecule has 0 aliphatic rings. The third-order valence-corrected chi connectivity index (χ3v) is 4.77. The van der Waals surface area contributed by atoms with Gasteiger partial charge >= 0.3 is 0 Å². The maximum atomic E-state index is 12.5. The highest BCUT2D eigenvalue weighted by atomic mass is 16.3. The van der Waals surface area contributed by atoms with Gasteiger partial charge in [-0.3, -0.25) is 9.59 Å². The first-order valence-electron chi connectivity index (χ1n) is 9.29. The van der Waals surface area contributed by atoms with Crippen LogP contribution in [0.5, 0.6) is 0 Å². The molecule has 0 atom stereocenters. The molecule has 5 nitrogen and oxygen atoms in total. The molecule has 1 aromatic heterocycles. The van der Waals surface area contributed by atoms with Crippen LogP contribution in [-0.2, 0) is 0 Å². The Morgan fingerprint density at radius 1 is 0.759 bits per heavy atom. The summed E-state index contributed by atoms with van der Waals surface area (Å²) in [5.74, 6) is -0.231. The second-order valence-corrected chi connectivity index (χ2v) is 6.90. The van der Waals surface area contributed by atoms with E-state index in [2.05, 4.69) is 10.6 Å². The molecule has 3 aromatic carbocycles. The van der Waals surface area contributed by atoms with Crippen LogP contribution >= 0.6 is 0 Å². The second kappa shape index (κ2) is 7.64. The predicted octanol–water partition coefficient (Wildman–Crippen LogP) is 5.55. The molecular weight excluding hydrogens is 364 g/mol. The summed E-state index contributed by atoms with van der Waals surface area (Å²) in [7, 11) is 0. The van der Waals surface area contributed by atoms with Gasteiger partial charge in [0, 0.05) is 22.3 Å². The van der Waals surface area contributed by atoms with Crippen LogP contribution in [0.4, 0.5) is 11.4 Å². The molecule has 2 N–H and O–H groups in total. The molecular formula is C24H20N2O3. The smallest absolute Gasteiger partial charge is 0.291 e.